The van der Waals surface area contributed by atoms with Crippen molar-refractivity contribution in [3.8, 4) is 0 Å². The molecule has 0 aliphatic carbocycles. The fourth-order valence-electron chi connectivity index (χ4n) is 0.316. The summed E-state index contributed by atoms with van der Waals surface area (Å²) >= 11 is 0. The van der Waals surface area contributed by atoms with Crippen molar-refractivity contribution in [2.24, 2.45) is 0 Å². The van der Waals surface area contributed by atoms with Gasteiger partial charge < -0.3 is 5.32 Å². The zero-order valence-electron chi connectivity index (χ0n) is 6.02. The van der Waals surface area contributed by atoms with Crippen LogP contribution in [-0.2, 0) is 4.79 Å². The predicted molar refractivity (Wildman–Crippen MR) is 45.3 cm³/mol. The third-order valence-electron chi connectivity index (χ3n) is 0.795. The summed E-state index contributed by atoms with van der Waals surface area (Å²) in [6.45, 7) is 9.08. The minimum absolute atomic E-state index is 0. The van der Waals surface area contributed by atoms with E-state index in [0.29, 0.717) is 12.1 Å². The number of hydrogen-bond acceptors (Lipinski definition) is 1. The number of rotatable bonds is 3. The second-order valence-corrected chi connectivity index (χ2v) is 1.78. The van der Waals surface area contributed by atoms with Gasteiger partial charge >= 0.3 is 0 Å². The first-order valence-electron chi connectivity index (χ1n) is 2.73. The van der Waals surface area contributed by atoms with Gasteiger partial charge in [-0.1, -0.05) is 12.7 Å². The van der Waals surface area contributed by atoms with E-state index in [1.54, 1.807) is 13.0 Å². The normalized spacial score (nSPS) is 7.30. The molecule has 1 N–H and O–H groups in total. The van der Waals surface area contributed by atoms with E-state index >= 15 is 0 Å². The van der Waals surface area contributed by atoms with E-state index in [9.17, 15) is 4.79 Å². The summed E-state index contributed by atoms with van der Waals surface area (Å²) in [4.78, 5) is 10.6. The lowest BCUT2D eigenvalue weighted by atomic mass is 10.3. The van der Waals surface area contributed by atoms with Crippen LogP contribution in [0.4, 0.5) is 0 Å². The Morgan fingerprint density at radius 3 is 2.50 bits per heavy atom. The summed E-state index contributed by atoms with van der Waals surface area (Å²) in [6.07, 6.45) is 1.63. The molecule has 0 unspecified atom stereocenters. The molecule has 10 heavy (non-hydrogen) atoms. The molecule has 0 aromatic heterocycles. The van der Waals surface area contributed by atoms with E-state index in [1.165, 1.54) is 0 Å². The Labute approximate surface area is 67.4 Å². The van der Waals surface area contributed by atoms with Crippen LogP contribution in [-0.4, -0.2) is 12.5 Å². The SMILES string of the molecule is C=CCNC(=O)C(=C)C.Cl. The van der Waals surface area contributed by atoms with E-state index in [4.69, 9.17) is 0 Å². The van der Waals surface area contributed by atoms with Crippen LogP contribution in [0.3, 0.4) is 0 Å². The molecule has 1 amide bonds. The van der Waals surface area contributed by atoms with Crippen molar-refractivity contribution in [2.75, 3.05) is 6.54 Å². The number of nitrogens with one attached hydrogen (secondary N) is 1. The Morgan fingerprint density at radius 1 is 1.70 bits per heavy atom. The molecule has 0 aromatic carbocycles. The van der Waals surface area contributed by atoms with Crippen LogP contribution in [0.5, 0.6) is 0 Å². The maximum Gasteiger partial charge on any atom is 0.246 e. The van der Waals surface area contributed by atoms with Gasteiger partial charge in [-0.05, 0) is 6.92 Å². The van der Waals surface area contributed by atoms with Crippen LogP contribution in [0, 0.1) is 0 Å². The summed E-state index contributed by atoms with van der Waals surface area (Å²) in [7, 11) is 0. The number of carbonyl (C=O) groups excluding carboxylic acids is 1. The van der Waals surface area contributed by atoms with Crippen LogP contribution in [0.1, 0.15) is 6.92 Å². The Kier molecular flexibility index (Phi) is 7.61. The van der Waals surface area contributed by atoms with Crippen molar-refractivity contribution in [3.05, 3.63) is 24.8 Å². The van der Waals surface area contributed by atoms with Gasteiger partial charge in [-0.2, -0.15) is 0 Å². The van der Waals surface area contributed by atoms with E-state index in [1.807, 2.05) is 0 Å². The van der Waals surface area contributed by atoms with Gasteiger partial charge in [-0.3, -0.25) is 4.79 Å². The summed E-state index contributed by atoms with van der Waals surface area (Å²) in [6, 6.07) is 0. The molecule has 0 heterocycles. The molecule has 0 bridgehead atoms. The van der Waals surface area contributed by atoms with Gasteiger partial charge in [0.05, 0.1) is 0 Å². The molecular weight excluding hydrogens is 150 g/mol. The van der Waals surface area contributed by atoms with Gasteiger partial charge in [-0.25, -0.2) is 0 Å². The second kappa shape index (κ2) is 6.36. The highest BCUT2D eigenvalue weighted by atomic mass is 35.5. The molecule has 58 valence electrons. The zero-order chi connectivity index (χ0) is 7.28. The molecule has 2 nitrogen and oxygen atoms in total. The topological polar surface area (TPSA) is 29.1 Å². The Hall–Kier alpha value is -0.760. The first kappa shape index (κ1) is 12.0. The molecule has 0 rings (SSSR count). The number of halogens is 1. The fourth-order valence-corrected chi connectivity index (χ4v) is 0.316. The minimum Gasteiger partial charge on any atom is -0.349 e. The van der Waals surface area contributed by atoms with Crippen molar-refractivity contribution in [2.45, 2.75) is 6.92 Å². The standard InChI is InChI=1S/C7H11NO.ClH/c1-4-5-8-7(9)6(2)3;/h4H,1-2,5H2,3H3,(H,8,9);1H. The van der Waals surface area contributed by atoms with E-state index < -0.39 is 0 Å². The van der Waals surface area contributed by atoms with Crippen molar-refractivity contribution in [1.29, 1.82) is 0 Å². The second-order valence-electron chi connectivity index (χ2n) is 1.78. The maximum absolute atomic E-state index is 10.6. The molecular formula is C7H12ClNO. The summed E-state index contributed by atoms with van der Waals surface area (Å²) in [5.41, 5.74) is 0.525. The van der Waals surface area contributed by atoms with Crippen LogP contribution in [0.2, 0.25) is 0 Å². The molecule has 0 aromatic rings. The molecule has 0 fully saturated rings. The highest BCUT2D eigenvalue weighted by Crippen LogP contribution is 1.83. The number of carbonyl (C=O) groups is 1. The molecule has 0 spiro atoms. The van der Waals surface area contributed by atoms with E-state index in [2.05, 4.69) is 18.5 Å². The summed E-state index contributed by atoms with van der Waals surface area (Å²) < 4.78 is 0. The molecule has 0 radical (unpaired) electrons. The largest absolute Gasteiger partial charge is 0.349 e. The highest BCUT2D eigenvalue weighted by Gasteiger charge is 1.95. The zero-order valence-corrected chi connectivity index (χ0v) is 6.83. The molecule has 0 saturated carbocycles. The van der Waals surface area contributed by atoms with Crippen LogP contribution in [0.25, 0.3) is 0 Å². The average molecular weight is 162 g/mol. The third kappa shape index (κ3) is 5.38. The van der Waals surface area contributed by atoms with Crippen molar-refractivity contribution in [3.63, 3.8) is 0 Å². The lowest BCUT2D eigenvalue weighted by Crippen LogP contribution is -2.23. The maximum atomic E-state index is 10.6. The smallest absolute Gasteiger partial charge is 0.246 e. The van der Waals surface area contributed by atoms with Gasteiger partial charge in [0.25, 0.3) is 0 Å². The monoisotopic (exact) mass is 161 g/mol. The summed E-state index contributed by atoms with van der Waals surface area (Å²) in [5.74, 6) is -0.116. The molecule has 0 aliphatic rings. The minimum atomic E-state index is -0.116. The van der Waals surface area contributed by atoms with Gasteiger partial charge in [0.2, 0.25) is 5.91 Å². The van der Waals surface area contributed by atoms with E-state index in [-0.39, 0.29) is 18.3 Å². The quantitative estimate of drug-likeness (QED) is 0.491. The van der Waals surface area contributed by atoms with Gasteiger partial charge in [0.15, 0.2) is 0 Å². The van der Waals surface area contributed by atoms with Crippen LogP contribution < -0.4 is 5.32 Å². The van der Waals surface area contributed by atoms with Crippen molar-refractivity contribution < 1.29 is 4.79 Å². The van der Waals surface area contributed by atoms with Gasteiger partial charge in [-0.15, -0.1) is 19.0 Å². The highest BCUT2D eigenvalue weighted by molar-refractivity contribution is 5.92. The van der Waals surface area contributed by atoms with Crippen LogP contribution in [0.15, 0.2) is 24.8 Å². The molecule has 3 heteroatoms. The predicted octanol–water partition coefficient (Wildman–Crippen LogP) is 1.29. The van der Waals surface area contributed by atoms with Crippen LogP contribution >= 0.6 is 12.4 Å². The fraction of sp³-hybridized carbons (Fsp3) is 0.286. The number of amides is 1. The summed E-state index contributed by atoms with van der Waals surface area (Å²) in [5, 5.41) is 2.58. The Bertz CT molecular complexity index is 143. The van der Waals surface area contributed by atoms with Crippen molar-refractivity contribution in [1.82, 2.24) is 5.32 Å². The molecule has 0 saturated heterocycles. The first-order valence-corrected chi connectivity index (χ1v) is 2.73. The van der Waals surface area contributed by atoms with Crippen molar-refractivity contribution >= 4 is 18.3 Å². The van der Waals surface area contributed by atoms with Gasteiger partial charge in [0, 0.05) is 12.1 Å². The number of hydrogen-bond donors (Lipinski definition) is 1. The van der Waals surface area contributed by atoms with E-state index in [0.717, 1.165) is 0 Å². The Morgan fingerprint density at radius 2 is 2.20 bits per heavy atom. The lowest BCUT2D eigenvalue weighted by Gasteiger charge is -1.97. The average Bonchev–Trinajstić information content (AvgIpc) is 1.82. The molecule has 0 aliphatic heterocycles. The lowest BCUT2D eigenvalue weighted by molar-refractivity contribution is -0.117. The van der Waals surface area contributed by atoms with Gasteiger partial charge in [0.1, 0.15) is 0 Å². The third-order valence-corrected chi connectivity index (χ3v) is 0.795. The first-order chi connectivity index (χ1) is 4.18. The Balaban J connectivity index is 0. The molecule has 0 atom stereocenters.